The van der Waals surface area contributed by atoms with E-state index in [0.717, 1.165) is 43.5 Å². The minimum absolute atomic E-state index is 0.0224. The van der Waals surface area contributed by atoms with Crippen LogP contribution in [-0.4, -0.2) is 41.5 Å². The summed E-state index contributed by atoms with van der Waals surface area (Å²) in [6.45, 7) is 2.06. The molecule has 2 heterocycles. The van der Waals surface area contributed by atoms with Crippen LogP contribution in [0.1, 0.15) is 54.1 Å². The lowest BCUT2D eigenvalue weighted by molar-refractivity contribution is -0.119. The third kappa shape index (κ3) is 4.35. The van der Waals surface area contributed by atoms with Crippen molar-refractivity contribution in [3.8, 4) is 0 Å². The zero-order chi connectivity index (χ0) is 20.2. The largest absolute Gasteiger partial charge is 0.388 e. The van der Waals surface area contributed by atoms with E-state index < -0.39 is 6.10 Å². The summed E-state index contributed by atoms with van der Waals surface area (Å²) in [5, 5.41) is 10.6. The van der Waals surface area contributed by atoms with Gasteiger partial charge in [-0.15, -0.1) is 0 Å². The summed E-state index contributed by atoms with van der Waals surface area (Å²) in [5.74, 6) is 0.359. The molecule has 2 aliphatic heterocycles. The smallest absolute Gasteiger partial charge is 0.253 e. The van der Waals surface area contributed by atoms with Gasteiger partial charge in [0.25, 0.3) is 5.91 Å². The maximum atomic E-state index is 12.9. The van der Waals surface area contributed by atoms with Gasteiger partial charge < -0.3 is 14.9 Å². The maximum absolute atomic E-state index is 12.9. The molecule has 5 nitrogen and oxygen atoms in total. The number of piperidine rings is 2. The third-order valence-electron chi connectivity index (χ3n) is 6.16. The Bertz CT molecular complexity index is 842. The summed E-state index contributed by atoms with van der Waals surface area (Å²) in [4.78, 5) is 28.6. The van der Waals surface area contributed by atoms with Crippen LogP contribution in [0.15, 0.2) is 54.6 Å². The Morgan fingerprint density at radius 2 is 1.62 bits per heavy atom. The molecule has 2 aromatic rings. The number of anilines is 1. The molecule has 2 fully saturated rings. The zero-order valence-electron chi connectivity index (χ0n) is 16.7. The van der Waals surface area contributed by atoms with Crippen molar-refractivity contribution in [2.45, 2.75) is 38.2 Å². The Kier molecular flexibility index (Phi) is 5.95. The van der Waals surface area contributed by atoms with Crippen LogP contribution >= 0.6 is 0 Å². The Hall–Kier alpha value is -2.66. The van der Waals surface area contributed by atoms with Crippen molar-refractivity contribution in [3.05, 3.63) is 65.7 Å². The number of hydrogen-bond acceptors (Lipinski definition) is 3. The van der Waals surface area contributed by atoms with E-state index in [2.05, 4.69) is 0 Å². The van der Waals surface area contributed by atoms with E-state index in [4.69, 9.17) is 0 Å². The first-order valence-corrected chi connectivity index (χ1v) is 10.6. The Labute approximate surface area is 171 Å². The summed E-state index contributed by atoms with van der Waals surface area (Å²) in [7, 11) is 0. The first-order valence-electron chi connectivity index (χ1n) is 10.6. The molecule has 0 aromatic heterocycles. The van der Waals surface area contributed by atoms with Gasteiger partial charge in [0.1, 0.15) is 0 Å². The second kappa shape index (κ2) is 8.78. The molecule has 0 bridgehead atoms. The fraction of sp³-hybridized carbons (Fsp3) is 0.417. The van der Waals surface area contributed by atoms with Crippen LogP contribution in [0.4, 0.5) is 5.69 Å². The van der Waals surface area contributed by atoms with E-state index in [1.54, 1.807) is 0 Å². The van der Waals surface area contributed by atoms with Gasteiger partial charge in [-0.05, 0) is 61.4 Å². The SMILES string of the molecule is O=C(c1ccc(N2CCCCC2=O)cc1)N1CCC(C(O)c2ccccc2)CC1. The highest BCUT2D eigenvalue weighted by atomic mass is 16.3. The number of rotatable bonds is 4. The number of aliphatic hydroxyl groups is 1. The lowest BCUT2D eigenvalue weighted by atomic mass is 9.87. The normalized spacial score (nSPS) is 19.3. The summed E-state index contributed by atoms with van der Waals surface area (Å²) < 4.78 is 0. The monoisotopic (exact) mass is 392 g/mol. The second-order valence-corrected chi connectivity index (χ2v) is 8.03. The number of likely N-dealkylation sites (tertiary alicyclic amines) is 1. The van der Waals surface area contributed by atoms with Crippen LogP contribution in [-0.2, 0) is 4.79 Å². The Morgan fingerprint density at radius 1 is 0.931 bits per heavy atom. The summed E-state index contributed by atoms with van der Waals surface area (Å²) in [6, 6.07) is 17.1. The molecular weight excluding hydrogens is 364 g/mol. The number of carbonyl (C=O) groups excluding carboxylic acids is 2. The minimum Gasteiger partial charge on any atom is -0.388 e. The van der Waals surface area contributed by atoms with Gasteiger partial charge in [-0.3, -0.25) is 9.59 Å². The van der Waals surface area contributed by atoms with Crippen LogP contribution < -0.4 is 4.90 Å². The number of hydrogen-bond donors (Lipinski definition) is 1. The van der Waals surface area contributed by atoms with Crippen molar-refractivity contribution in [1.82, 2.24) is 4.90 Å². The van der Waals surface area contributed by atoms with Gasteiger partial charge in [0.2, 0.25) is 5.91 Å². The molecule has 0 saturated carbocycles. The molecule has 0 aliphatic carbocycles. The van der Waals surface area contributed by atoms with Crippen LogP contribution in [0.5, 0.6) is 0 Å². The van der Waals surface area contributed by atoms with Crippen LogP contribution in [0.3, 0.4) is 0 Å². The van der Waals surface area contributed by atoms with Crippen molar-refractivity contribution < 1.29 is 14.7 Å². The minimum atomic E-state index is -0.477. The lowest BCUT2D eigenvalue weighted by Crippen LogP contribution is -2.39. The summed E-state index contributed by atoms with van der Waals surface area (Å²) >= 11 is 0. The predicted molar refractivity (Wildman–Crippen MR) is 113 cm³/mol. The highest BCUT2D eigenvalue weighted by Gasteiger charge is 2.29. The first-order chi connectivity index (χ1) is 14.1. The number of carbonyl (C=O) groups is 2. The van der Waals surface area contributed by atoms with Crippen molar-refractivity contribution in [1.29, 1.82) is 0 Å². The molecule has 0 radical (unpaired) electrons. The van der Waals surface area contributed by atoms with Crippen LogP contribution in [0.2, 0.25) is 0 Å². The molecule has 2 amide bonds. The second-order valence-electron chi connectivity index (χ2n) is 8.03. The highest BCUT2D eigenvalue weighted by molar-refractivity contribution is 5.97. The van der Waals surface area contributed by atoms with E-state index in [9.17, 15) is 14.7 Å². The quantitative estimate of drug-likeness (QED) is 0.861. The topological polar surface area (TPSA) is 60.9 Å². The lowest BCUT2D eigenvalue weighted by Gasteiger charge is -2.34. The van der Waals surface area contributed by atoms with E-state index in [1.807, 2.05) is 64.4 Å². The molecule has 4 rings (SSSR count). The number of amides is 2. The molecule has 1 atom stereocenters. The molecule has 29 heavy (non-hydrogen) atoms. The fourth-order valence-electron chi connectivity index (χ4n) is 4.39. The van der Waals surface area contributed by atoms with Gasteiger partial charge >= 0.3 is 0 Å². The van der Waals surface area contributed by atoms with Crippen molar-refractivity contribution in [3.63, 3.8) is 0 Å². The van der Waals surface area contributed by atoms with Crippen molar-refractivity contribution in [2.24, 2.45) is 5.92 Å². The molecule has 1 unspecified atom stereocenters. The number of nitrogens with zero attached hydrogens (tertiary/aromatic N) is 2. The van der Waals surface area contributed by atoms with Gasteiger partial charge in [-0.2, -0.15) is 0 Å². The van der Waals surface area contributed by atoms with Gasteiger partial charge in [0.05, 0.1) is 6.10 Å². The van der Waals surface area contributed by atoms with Gasteiger partial charge in [-0.1, -0.05) is 30.3 Å². The summed E-state index contributed by atoms with van der Waals surface area (Å²) in [5.41, 5.74) is 2.47. The van der Waals surface area contributed by atoms with E-state index in [1.165, 1.54) is 0 Å². The molecule has 152 valence electrons. The van der Waals surface area contributed by atoms with Gasteiger partial charge in [0, 0.05) is 37.3 Å². The van der Waals surface area contributed by atoms with Crippen molar-refractivity contribution >= 4 is 17.5 Å². The molecular formula is C24H28N2O3. The van der Waals surface area contributed by atoms with Crippen LogP contribution in [0, 0.1) is 5.92 Å². The van der Waals surface area contributed by atoms with E-state index >= 15 is 0 Å². The molecule has 0 spiro atoms. The van der Waals surface area contributed by atoms with E-state index in [0.29, 0.717) is 25.1 Å². The molecule has 5 heteroatoms. The Morgan fingerprint density at radius 3 is 2.28 bits per heavy atom. The maximum Gasteiger partial charge on any atom is 0.253 e. The van der Waals surface area contributed by atoms with Crippen LogP contribution in [0.25, 0.3) is 0 Å². The number of aliphatic hydroxyl groups excluding tert-OH is 1. The van der Waals surface area contributed by atoms with Gasteiger partial charge in [0.15, 0.2) is 0 Å². The average Bonchev–Trinajstić information content (AvgIpc) is 2.79. The number of benzene rings is 2. The van der Waals surface area contributed by atoms with Gasteiger partial charge in [-0.25, -0.2) is 0 Å². The highest BCUT2D eigenvalue weighted by Crippen LogP contribution is 2.31. The standard InChI is InChI=1S/C24H28N2O3/c27-22-8-4-5-15-26(22)21-11-9-20(10-12-21)24(29)25-16-13-19(14-17-25)23(28)18-6-2-1-3-7-18/h1-3,6-7,9-12,19,23,28H,4-5,8,13-17H2. The average molecular weight is 392 g/mol. The molecule has 2 aromatic carbocycles. The third-order valence-corrected chi connectivity index (χ3v) is 6.16. The molecule has 2 saturated heterocycles. The predicted octanol–water partition coefficient (Wildman–Crippen LogP) is 3.79. The fourth-order valence-corrected chi connectivity index (χ4v) is 4.39. The van der Waals surface area contributed by atoms with E-state index in [-0.39, 0.29) is 17.7 Å². The summed E-state index contributed by atoms with van der Waals surface area (Å²) in [6.07, 6.45) is 3.70. The molecule has 1 N–H and O–H groups in total. The molecule has 2 aliphatic rings. The zero-order valence-corrected chi connectivity index (χ0v) is 16.7. The Balaban J connectivity index is 1.35. The first kappa shape index (κ1) is 19.6. The van der Waals surface area contributed by atoms with Crippen molar-refractivity contribution in [2.75, 3.05) is 24.5 Å².